The monoisotopic (exact) mass is 616 g/mol. The Morgan fingerprint density at radius 1 is 0.822 bits per heavy atom. The van der Waals surface area contributed by atoms with E-state index in [1.807, 2.05) is 84.9 Å². The van der Waals surface area contributed by atoms with Gasteiger partial charge in [-0.1, -0.05) is 78.9 Å². The van der Waals surface area contributed by atoms with Crippen LogP contribution in [-0.2, 0) is 43.2 Å². The molecule has 0 bridgehead atoms. The Bertz CT molecular complexity index is 1350. The van der Waals surface area contributed by atoms with Gasteiger partial charge in [0.05, 0.1) is 19.8 Å². The molecule has 0 aliphatic carbocycles. The van der Waals surface area contributed by atoms with Crippen molar-refractivity contribution in [3.8, 4) is 5.75 Å². The van der Waals surface area contributed by atoms with Gasteiger partial charge >= 0.3 is 12.1 Å². The van der Waals surface area contributed by atoms with Gasteiger partial charge in [-0.05, 0) is 68.9 Å². The van der Waals surface area contributed by atoms with E-state index < -0.39 is 35.7 Å². The third-order valence-electron chi connectivity index (χ3n) is 6.51. The lowest BCUT2D eigenvalue weighted by atomic mass is 10.0. The first-order chi connectivity index (χ1) is 21.6. The number of carbonyl (C=O) groups is 3. The third-order valence-corrected chi connectivity index (χ3v) is 6.51. The summed E-state index contributed by atoms with van der Waals surface area (Å²) in [5, 5.41) is 5.56. The van der Waals surface area contributed by atoms with E-state index in [0.29, 0.717) is 25.4 Å². The van der Waals surface area contributed by atoms with Crippen molar-refractivity contribution in [3.63, 3.8) is 0 Å². The zero-order valence-electron chi connectivity index (χ0n) is 26.5. The summed E-state index contributed by atoms with van der Waals surface area (Å²) < 4.78 is 21.8. The molecule has 0 saturated heterocycles. The summed E-state index contributed by atoms with van der Waals surface area (Å²) in [4.78, 5) is 38.0. The molecule has 0 aliphatic rings. The fourth-order valence-corrected chi connectivity index (χ4v) is 4.29. The second-order valence-electron chi connectivity index (χ2n) is 11.5. The van der Waals surface area contributed by atoms with Crippen molar-refractivity contribution in [2.45, 2.75) is 64.3 Å². The van der Waals surface area contributed by atoms with E-state index in [-0.39, 0.29) is 6.61 Å². The summed E-state index contributed by atoms with van der Waals surface area (Å²) in [6.07, 6.45) is 4.04. The van der Waals surface area contributed by atoms with Crippen LogP contribution in [0.4, 0.5) is 4.79 Å². The Morgan fingerprint density at radius 3 is 2.09 bits per heavy atom. The molecule has 45 heavy (non-hydrogen) atoms. The van der Waals surface area contributed by atoms with Crippen LogP contribution in [0.1, 0.15) is 43.9 Å². The highest BCUT2D eigenvalue weighted by atomic mass is 16.6. The van der Waals surface area contributed by atoms with E-state index in [9.17, 15) is 14.4 Å². The average molecular weight is 617 g/mol. The molecular weight excluding hydrogens is 572 g/mol. The highest BCUT2D eigenvalue weighted by Gasteiger charge is 2.26. The van der Waals surface area contributed by atoms with Crippen molar-refractivity contribution in [1.29, 1.82) is 0 Å². The summed E-state index contributed by atoms with van der Waals surface area (Å²) in [5.41, 5.74) is 2.41. The van der Waals surface area contributed by atoms with Crippen LogP contribution in [0.3, 0.4) is 0 Å². The highest BCUT2D eigenvalue weighted by Crippen LogP contribution is 2.16. The zero-order chi connectivity index (χ0) is 32.5. The standard InChI is InChI=1S/C36H44N2O7/c1-36(2,3)45-35(41)38-32(26-43-23-11-16-27-12-7-5-8-13-27)34(40)37-30(19-22-33(39)42-4)24-28-17-20-31(21-18-28)44-25-29-14-9-6-10-15-29/h5-10,12-15,17-22,30,32H,11,16,23-26H2,1-4H3,(H,37,40)(H,38,41)/t30-,32-/m0/s1. The number of hydrogen-bond acceptors (Lipinski definition) is 7. The number of hydrogen-bond donors (Lipinski definition) is 2. The van der Waals surface area contributed by atoms with Crippen molar-refractivity contribution >= 4 is 18.0 Å². The first kappa shape index (κ1) is 34.9. The molecule has 0 fully saturated rings. The van der Waals surface area contributed by atoms with Crippen molar-refractivity contribution < 1.29 is 33.3 Å². The fourth-order valence-electron chi connectivity index (χ4n) is 4.29. The van der Waals surface area contributed by atoms with Gasteiger partial charge in [-0.25, -0.2) is 9.59 Å². The van der Waals surface area contributed by atoms with Crippen LogP contribution in [0.2, 0.25) is 0 Å². The summed E-state index contributed by atoms with van der Waals surface area (Å²) in [7, 11) is 1.28. The van der Waals surface area contributed by atoms with Gasteiger partial charge in [-0.2, -0.15) is 0 Å². The number of ether oxygens (including phenoxy) is 4. The van der Waals surface area contributed by atoms with Crippen LogP contribution in [0, 0.1) is 0 Å². The molecule has 0 heterocycles. The molecule has 2 atom stereocenters. The minimum Gasteiger partial charge on any atom is -0.489 e. The topological polar surface area (TPSA) is 112 Å². The lowest BCUT2D eigenvalue weighted by molar-refractivity contribution is -0.135. The maximum absolute atomic E-state index is 13.5. The normalized spacial score (nSPS) is 12.6. The Labute approximate surface area is 265 Å². The van der Waals surface area contributed by atoms with E-state index >= 15 is 0 Å². The van der Waals surface area contributed by atoms with Crippen LogP contribution in [0.25, 0.3) is 0 Å². The highest BCUT2D eigenvalue weighted by molar-refractivity contribution is 5.86. The molecule has 3 aromatic carbocycles. The van der Waals surface area contributed by atoms with E-state index in [4.69, 9.17) is 18.9 Å². The summed E-state index contributed by atoms with van der Waals surface area (Å²) in [5.74, 6) is -0.324. The number of esters is 1. The Morgan fingerprint density at radius 2 is 1.47 bits per heavy atom. The molecule has 0 aliphatic heterocycles. The van der Waals surface area contributed by atoms with Gasteiger partial charge in [0.2, 0.25) is 5.91 Å². The summed E-state index contributed by atoms with van der Waals surface area (Å²) >= 11 is 0. The largest absolute Gasteiger partial charge is 0.489 e. The Kier molecular flexibility index (Phi) is 14.1. The van der Waals surface area contributed by atoms with E-state index in [1.165, 1.54) is 18.7 Å². The average Bonchev–Trinajstić information content (AvgIpc) is 3.02. The second-order valence-corrected chi connectivity index (χ2v) is 11.5. The lowest BCUT2D eigenvalue weighted by Crippen LogP contribution is -2.52. The number of benzene rings is 3. The fraction of sp³-hybridized carbons (Fsp3) is 0.361. The summed E-state index contributed by atoms with van der Waals surface area (Å²) in [6, 6.07) is 25.8. The van der Waals surface area contributed by atoms with Crippen LogP contribution in [0.15, 0.2) is 97.1 Å². The molecular formula is C36H44N2O7. The van der Waals surface area contributed by atoms with E-state index in [0.717, 1.165) is 24.0 Å². The molecule has 2 amide bonds. The van der Waals surface area contributed by atoms with Crippen molar-refractivity contribution in [2.24, 2.45) is 0 Å². The first-order valence-electron chi connectivity index (χ1n) is 15.0. The van der Waals surface area contributed by atoms with Crippen LogP contribution in [-0.4, -0.2) is 56.0 Å². The molecule has 9 heteroatoms. The molecule has 240 valence electrons. The van der Waals surface area contributed by atoms with E-state index in [1.54, 1.807) is 26.8 Å². The van der Waals surface area contributed by atoms with Gasteiger partial charge in [-0.3, -0.25) is 4.79 Å². The number of alkyl carbamates (subject to hydrolysis) is 1. The molecule has 2 N–H and O–H groups in total. The molecule has 3 rings (SSSR count). The number of carbonyl (C=O) groups excluding carboxylic acids is 3. The van der Waals surface area contributed by atoms with Crippen LogP contribution < -0.4 is 15.4 Å². The van der Waals surface area contributed by atoms with Gasteiger partial charge in [0.15, 0.2) is 0 Å². The Balaban J connectivity index is 1.64. The predicted octanol–water partition coefficient (Wildman–Crippen LogP) is 5.56. The quantitative estimate of drug-likeness (QED) is 0.123. The molecule has 0 saturated carbocycles. The van der Waals surface area contributed by atoms with Crippen LogP contribution in [0.5, 0.6) is 5.75 Å². The molecule has 0 spiro atoms. The zero-order valence-corrected chi connectivity index (χ0v) is 26.5. The lowest BCUT2D eigenvalue weighted by Gasteiger charge is -2.25. The molecule has 0 aromatic heterocycles. The van der Waals surface area contributed by atoms with Crippen molar-refractivity contribution in [2.75, 3.05) is 20.3 Å². The van der Waals surface area contributed by atoms with Crippen LogP contribution >= 0.6 is 0 Å². The van der Waals surface area contributed by atoms with Gasteiger partial charge in [0.25, 0.3) is 0 Å². The minimum atomic E-state index is -1.03. The number of rotatable bonds is 16. The number of nitrogens with one attached hydrogen (secondary N) is 2. The molecule has 0 unspecified atom stereocenters. The molecule has 9 nitrogen and oxygen atoms in total. The summed E-state index contributed by atoms with van der Waals surface area (Å²) in [6.45, 7) is 6.02. The maximum atomic E-state index is 13.5. The number of aryl methyl sites for hydroxylation is 1. The van der Waals surface area contributed by atoms with Gasteiger partial charge < -0.3 is 29.6 Å². The van der Waals surface area contributed by atoms with Gasteiger partial charge in [-0.15, -0.1) is 0 Å². The number of amides is 2. The SMILES string of the molecule is COC(=O)C=C[C@@H](Cc1ccc(OCc2ccccc2)cc1)NC(=O)[C@H](COCCCc1ccccc1)NC(=O)OC(C)(C)C. The Hall–Kier alpha value is -4.63. The molecule has 3 aromatic rings. The molecule has 0 radical (unpaired) electrons. The van der Waals surface area contributed by atoms with Crippen molar-refractivity contribution in [3.05, 3.63) is 114 Å². The van der Waals surface area contributed by atoms with E-state index in [2.05, 4.69) is 10.6 Å². The van der Waals surface area contributed by atoms with Crippen molar-refractivity contribution in [1.82, 2.24) is 10.6 Å². The first-order valence-corrected chi connectivity index (χ1v) is 15.0. The second kappa shape index (κ2) is 18.2. The number of methoxy groups -OCH3 is 1. The third kappa shape index (κ3) is 14.1. The predicted molar refractivity (Wildman–Crippen MR) is 173 cm³/mol. The van der Waals surface area contributed by atoms with Gasteiger partial charge in [0, 0.05) is 12.7 Å². The van der Waals surface area contributed by atoms with Gasteiger partial charge in [0.1, 0.15) is 24.0 Å². The minimum absolute atomic E-state index is 0.0548. The maximum Gasteiger partial charge on any atom is 0.408 e. The smallest absolute Gasteiger partial charge is 0.408 e.